The van der Waals surface area contributed by atoms with E-state index in [-0.39, 0.29) is 12.2 Å². The van der Waals surface area contributed by atoms with Crippen molar-refractivity contribution in [3.63, 3.8) is 0 Å². The number of hydrogen-bond acceptors (Lipinski definition) is 3. The highest BCUT2D eigenvalue weighted by Gasteiger charge is 2.24. The van der Waals surface area contributed by atoms with Gasteiger partial charge in [-0.05, 0) is 0 Å². The van der Waals surface area contributed by atoms with E-state index >= 15 is 0 Å². The number of carbonyl (C=O) groups is 1. The molecule has 0 bridgehead atoms. The van der Waals surface area contributed by atoms with Crippen LogP contribution in [0.25, 0.3) is 0 Å². The number of carbonyl (C=O) groups excluding carboxylic acids is 1. The van der Waals surface area contributed by atoms with Gasteiger partial charge in [0.05, 0.1) is 12.1 Å². The number of nitrogens with zero attached hydrogens (tertiary/aromatic N) is 1. The maximum atomic E-state index is 11.2. The van der Waals surface area contributed by atoms with Gasteiger partial charge >= 0.3 is 0 Å². The monoisotopic (exact) mass is 161 g/mol. The van der Waals surface area contributed by atoms with Gasteiger partial charge < -0.3 is 5.21 Å². The Morgan fingerprint density at radius 1 is 1.25 bits per heavy atom. The largest absolute Gasteiger partial charge is 0.411 e. The number of Topliss-reactive ketones (excluding diaryl/α,β-unsaturated/α-hetero) is 1. The van der Waals surface area contributed by atoms with Crippen molar-refractivity contribution in [3.05, 3.63) is 35.4 Å². The van der Waals surface area contributed by atoms with E-state index in [0.29, 0.717) is 11.3 Å². The van der Waals surface area contributed by atoms with Gasteiger partial charge in [-0.25, -0.2) is 0 Å². The van der Waals surface area contributed by atoms with Crippen molar-refractivity contribution in [1.29, 1.82) is 0 Å². The standard InChI is InChI=1S/C9H7NO2/c11-9-5-8(10-12)6-3-1-2-4-7(6)9/h1-4,12H,5H2. The fourth-order valence-electron chi connectivity index (χ4n) is 1.41. The molecular formula is C9H7NO2. The van der Waals surface area contributed by atoms with E-state index < -0.39 is 0 Å². The zero-order valence-electron chi connectivity index (χ0n) is 6.32. The molecule has 0 atom stereocenters. The van der Waals surface area contributed by atoms with Gasteiger partial charge in [0.25, 0.3) is 0 Å². The zero-order chi connectivity index (χ0) is 8.55. The Kier molecular flexibility index (Phi) is 1.43. The molecule has 1 aliphatic carbocycles. The van der Waals surface area contributed by atoms with E-state index in [0.717, 1.165) is 5.56 Å². The fraction of sp³-hybridized carbons (Fsp3) is 0.111. The minimum absolute atomic E-state index is 0.0263. The lowest BCUT2D eigenvalue weighted by atomic mass is 10.1. The molecule has 3 nitrogen and oxygen atoms in total. The topological polar surface area (TPSA) is 49.7 Å². The Morgan fingerprint density at radius 2 is 1.92 bits per heavy atom. The van der Waals surface area contributed by atoms with Crippen LogP contribution in [0.3, 0.4) is 0 Å². The molecule has 3 heteroatoms. The predicted molar refractivity (Wildman–Crippen MR) is 43.7 cm³/mol. The molecule has 1 aliphatic rings. The lowest BCUT2D eigenvalue weighted by Gasteiger charge is -1.93. The first-order valence-electron chi connectivity index (χ1n) is 3.66. The summed E-state index contributed by atoms with van der Waals surface area (Å²) >= 11 is 0. The van der Waals surface area contributed by atoms with Gasteiger partial charge in [0.15, 0.2) is 5.78 Å². The average Bonchev–Trinajstić information content (AvgIpc) is 2.44. The van der Waals surface area contributed by atoms with Gasteiger partial charge in [0, 0.05) is 11.1 Å². The van der Waals surface area contributed by atoms with Crippen LogP contribution < -0.4 is 0 Å². The van der Waals surface area contributed by atoms with E-state index in [4.69, 9.17) is 5.21 Å². The highest BCUT2D eigenvalue weighted by atomic mass is 16.4. The third-order valence-corrected chi connectivity index (χ3v) is 1.99. The third kappa shape index (κ3) is 0.830. The van der Waals surface area contributed by atoms with Crippen LogP contribution in [0.15, 0.2) is 29.4 Å². The van der Waals surface area contributed by atoms with Gasteiger partial charge in [-0.3, -0.25) is 4.79 Å². The van der Waals surface area contributed by atoms with Crippen LogP contribution >= 0.6 is 0 Å². The molecular weight excluding hydrogens is 154 g/mol. The van der Waals surface area contributed by atoms with E-state index in [9.17, 15) is 4.79 Å². The maximum absolute atomic E-state index is 11.2. The van der Waals surface area contributed by atoms with Gasteiger partial charge in [-0.2, -0.15) is 0 Å². The molecule has 2 rings (SSSR count). The van der Waals surface area contributed by atoms with E-state index in [1.165, 1.54) is 0 Å². The van der Waals surface area contributed by atoms with Crippen molar-refractivity contribution >= 4 is 11.5 Å². The smallest absolute Gasteiger partial charge is 0.169 e. The molecule has 1 aromatic carbocycles. The summed E-state index contributed by atoms with van der Waals surface area (Å²) in [6.07, 6.45) is 0.218. The quantitative estimate of drug-likeness (QED) is 0.462. The molecule has 0 saturated carbocycles. The van der Waals surface area contributed by atoms with Crippen molar-refractivity contribution in [2.75, 3.05) is 0 Å². The van der Waals surface area contributed by atoms with Crippen LogP contribution in [0.2, 0.25) is 0 Å². The van der Waals surface area contributed by atoms with Crippen molar-refractivity contribution in [2.24, 2.45) is 5.16 Å². The number of fused-ring (bicyclic) bond motifs is 1. The summed E-state index contributed by atoms with van der Waals surface area (Å²) in [5.74, 6) is 0.0263. The van der Waals surface area contributed by atoms with Gasteiger partial charge in [0.1, 0.15) is 0 Å². The molecule has 60 valence electrons. The van der Waals surface area contributed by atoms with Crippen molar-refractivity contribution in [2.45, 2.75) is 6.42 Å². The van der Waals surface area contributed by atoms with E-state index in [1.54, 1.807) is 18.2 Å². The summed E-state index contributed by atoms with van der Waals surface area (Å²) < 4.78 is 0. The highest BCUT2D eigenvalue weighted by Crippen LogP contribution is 2.21. The summed E-state index contributed by atoms with van der Waals surface area (Å²) in [4.78, 5) is 11.2. The van der Waals surface area contributed by atoms with Crippen molar-refractivity contribution in [1.82, 2.24) is 0 Å². The highest BCUT2D eigenvalue weighted by molar-refractivity contribution is 6.26. The van der Waals surface area contributed by atoms with Crippen LogP contribution in [-0.2, 0) is 0 Å². The van der Waals surface area contributed by atoms with Crippen molar-refractivity contribution in [3.8, 4) is 0 Å². The Labute approximate surface area is 69.3 Å². The molecule has 0 spiro atoms. The third-order valence-electron chi connectivity index (χ3n) is 1.99. The maximum Gasteiger partial charge on any atom is 0.169 e. The molecule has 0 heterocycles. The van der Waals surface area contributed by atoms with Crippen LogP contribution in [0.5, 0.6) is 0 Å². The first-order chi connectivity index (χ1) is 5.83. The minimum atomic E-state index is 0.0263. The average molecular weight is 161 g/mol. The van der Waals surface area contributed by atoms with Crippen molar-refractivity contribution < 1.29 is 10.0 Å². The number of oxime groups is 1. The molecule has 0 unspecified atom stereocenters. The molecule has 1 aromatic rings. The SMILES string of the molecule is O=C1CC(=NO)c2ccccc21. The second kappa shape index (κ2) is 2.44. The molecule has 0 fully saturated rings. The Bertz CT molecular complexity index is 369. The second-order valence-corrected chi connectivity index (χ2v) is 2.69. The minimum Gasteiger partial charge on any atom is -0.411 e. The molecule has 0 radical (unpaired) electrons. The number of rotatable bonds is 0. The molecule has 0 amide bonds. The normalized spacial score (nSPS) is 18.3. The number of benzene rings is 1. The number of hydrogen-bond donors (Lipinski definition) is 1. The zero-order valence-corrected chi connectivity index (χ0v) is 6.32. The lowest BCUT2D eigenvalue weighted by molar-refractivity contribution is 0.100. The summed E-state index contributed by atoms with van der Waals surface area (Å²) in [5.41, 5.74) is 1.88. The first kappa shape index (κ1) is 7.03. The first-order valence-corrected chi connectivity index (χ1v) is 3.66. The van der Waals surface area contributed by atoms with Crippen LogP contribution in [0.1, 0.15) is 22.3 Å². The summed E-state index contributed by atoms with van der Waals surface area (Å²) in [7, 11) is 0. The fourth-order valence-corrected chi connectivity index (χ4v) is 1.41. The van der Waals surface area contributed by atoms with Gasteiger partial charge in [0.2, 0.25) is 0 Å². The van der Waals surface area contributed by atoms with Crippen LogP contribution in [0, 0.1) is 0 Å². The summed E-state index contributed by atoms with van der Waals surface area (Å²) in [6, 6.07) is 7.16. The van der Waals surface area contributed by atoms with Gasteiger partial charge in [-0.15, -0.1) is 0 Å². The molecule has 12 heavy (non-hydrogen) atoms. The molecule has 0 saturated heterocycles. The summed E-state index contributed by atoms with van der Waals surface area (Å²) in [6.45, 7) is 0. The molecule has 0 aromatic heterocycles. The van der Waals surface area contributed by atoms with E-state index in [1.807, 2.05) is 6.07 Å². The van der Waals surface area contributed by atoms with E-state index in [2.05, 4.69) is 5.16 Å². The lowest BCUT2D eigenvalue weighted by Crippen LogP contribution is -1.93. The Morgan fingerprint density at radius 3 is 2.58 bits per heavy atom. The second-order valence-electron chi connectivity index (χ2n) is 2.69. The molecule has 0 aliphatic heterocycles. The number of ketones is 1. The summed E-state index contributed by atoms with van der Waals surface area (Å²) in [5, 5.41) is 11.6. The van der Waals surface area contributed by atoms with Crippen LogP contribution in [-0.4, -0.2) is 16.7 Å². The molecule has 1 N–H and O–H groups in total. The predicted octanol–water partition coefficient (Wildman–Crippen LogP) is 1.45. The Hall–Kier alpha value is -1.64. The van der Waals surface area contributed by atoms with Crippen LogP contribution in [0.4, 0.5) is 0 Å². The van der Waals surface area contributed by atoms with Gasteiger partial charge in [-0.1, -0.05) is 29.4 Å². The Balaban J connectivity index is 2.65.